The maximum atomic E-state index is 11.5. The summed E-state index contributed by atoms with van der Waals surface area (Å²) in [4.78, 5) is 15.9. The van der Waals surface area contributed by atoms with Gasteiger partial charge in [-0.2, -0.15) is 0 Å². The molecule has 0 radical (unpaired) electrons. The van der Waals surface area contributed by atoms with Crippen LogP contribution in [0.15, 0.2) is 23.2 Å². The number of hydrogen-bond acceptors (Lipinski definition) is 5. The van der Waals surface area contributed by atoms with Crippen LogP contribution in [0.2, 0.25) is 0 Å². The highest BCUT2D eigenvalue weighted by Crippen LogP contribution is 2.31. The lowest BCUT2D eigenvalue weighted by atomic mass is 10.2. The molecule has 0 spiro atoms. The van der Waals surface area contributed by atoms with Gasteiger partial charge in [0.1, 0.15) is 15.4 Å². The molecule has 0 unspecified atom stereocenters. The van der Waals surface area contributed by atoms with E-state index in [1.807, 2.05) is 20.1 Å². The van der Waals surface area contributed by atoms with Crippen molar-refractivity contribution in [3.63, 3.8) is 0 Å². The molecule has 6 heteroatoms. The number of esters is 1. The minimum atomic E-state index is -0.395. The fraction of sp³-hybridized carbons (Fsp3) is 0.385. The molecular weight excluding hydrogens is 330 g/mol. The molecule has 0 N–H and O–H groups in total. The molecule has 0 saturated heterocycles. The van der Waals surface area contributed by atoms with E-state index >= 15 is 0 Å². The normalized spacial score (nSPS) is 11.6. The van der Waals surface area contributed by atoms with E-state index in [0.717, 1.165) is 3.95 Å². The third kappa shape index (κ3) is 4.87. The molecule has 0 amide bonds. The van der Waals surface area contributed by atoms with Crippen molar-refractivity contribution >= 4 is 43.3 Å². The largest absolute Gasteiger partial charge is 0.489 e. The van der Waals surface area contributed by atoms with Crippen LogP contribution >= 0.6 is 27.7 Å². The van der Waals surface area contributed by atoms with Crippen LogP contribution in [-0.4, -0.2) is 29.4 Å². The van der Waals surface area contributed by atoms with Crippen LogP contribution in [-0.2, 0) is 4.74 Å². The number of aliphatic imine (C=N–C) groups is 1. The fourth-order valence-electron chi connectivity index (χ4n) is 1.34. The van der Waals surface area contributed by atoms with Gasteiger partial charge in [0, 0.05) is 0 Å². The maximum absolute atomic E-state index is 11.5. The van der Waals surface area contributed by atoms with E-state index in [-0.39, 0.29) is 6.10 Å². The summed E-state index contributed by atoms with van der Waals surface area (Å²) in [7, 11) is 1.35. The summed E-state index contributed by atoms with van der Waals surface area (Å²) in [5, 5.41) is 0. The monoisotopic (exact) mass is 345 g/mol. The number of nitrogens with zero attached hydrogens (tertiary/aromatic N) is 1. The highest BCUT2D eigenvalue weighted by Gasteiger charge is 2.12. The number of thioether (sulfide) groups is 1. The summed E-state index contributed by atoms with van der Waals surface area (Å²) in [5.74, 6) is 0.164. The van der Waals surface area contributed by atoms with Gasteiger partial charge in [0.25, 0.3) is 0 Å². The quantitative estimate of drug-likeness (QED) is 0.470. The minimum absolute atomic E-state index is 0.00472. The molecule has 104 valence electrons. The van der Waals surface area contributed by atoms with E-state index in [0.29, 0.717) is 17.0 Å². The molecule has 1 aromatic carbocycles. The average Bonchev–Trinajstić information content (AvgIpc) is 2.38. The Bertz CT molecular complexity index is 489. The van der Waals surface area contributed by atoms with Gasteiger partial charge in [-0.15, -0.1) is 11.8 Å². The third-order valence-electron chi connectivity index (χ3n) is 2.12. The minimum Gasteiger partial charge on any atom is -0.489 e. The number of halogens is 1. The van der Waals surface area contributed by atoms with Gasteiger partial charge in [0.05, 0.1) is 18.8 Å². The predicted octanol–water partition coefficient (Wildman–Crippen LogP) is 4.01. The average molecular weight is 346 g/mol. The summed E-state index contributed by atoms with van der Waals surface area (Å²) in [5.41, 5.74) is 1.11. The van der Waals surface area contributed by atoms with Crippen LogP contribution in [0.4, 0.5) is 5.69 Å². The van der Waals surface area contributed by atoms with Crippen molar-refractivity contribution in [2.75, 3.05) is 13.4 Å². The van der Waals surface area contributed by atoms with Gasteiger partial charge < -0.3 is 9.47 Å². The van der Waals surface area contributed by atoms with Gasteiger partial charge in [-0.25, -0.2) is 9.79 Å². The van der Waals surface area contributed by atoms with Crippen LogP contribution in [0.1, 0.15) is 24.2 Å². The number of methoxy groups -OCH3 is 1. The van der Waals surface area contributed by atoms with Crippen molar-refractivity contribution < 1.29 is 14.3 Å². The van der Waals surface area contributed by atoms with Gasteiger partial charge in [-0.05, 0) is 54.2 Å². The molecule has 1 rings (SSSR count). The highest BCUT2D eigenvalue weighted by molar-refractivity contribution is 9.22. The van der Waals surface area contributed by atoms with Crippen LogP contribution in [0.5, 0.6) is 5.75 Å². The molecule has 0 bridgehead atoms. The number of ether oxygens (including phenoxy) is 2. The molecule has 0 aliphatic carbocycles. The van der Waals surface area contributed by atoms with Crippen LogP contribution in [0.25, 0.3) is 0 Å². The third-order valence-corrected chi connectivity index (χ3v) is 3.70. The molecule has 0 heterocycles. The molecule has 0 saturated carbocycles. The first-order chi connectivity index (χ1) is 8.97. The zero-order valence-electron chi connectivity index (χ0n) is 11.3. The Morgan fingerprint density at radius 3 is 2.63 bits per heavy atom. The van der Waals surface area contributed by atoms with Crippen molar-refractivity contribution in [2.45, 2.75) is 20.0 Å². The molecule has 4 nitrogen and oxygen atoms in total. The molecule has 19 heavy (non-hydrogen) atoms. The van der Waals surface area contributed by atoms with E-state index in [1.165, 1.54) is 18.9 Å². The molecular formula is C13H16BrNO3S. The smallest absolute Gasteiger partial charge is 0.337 e. The lowest BCUT2D eigenvalue weighted by molar-refractivity contribution is 0.0600. The Hall–Kier alpha value is -1.01. The van der Waals surface area contributed by atoms with E-state index in [1.54, 1.807) is 18.2 Å². The summed E-state index contributed by atoms with van der Waals surface area (Å²) < 4.78 is 11.1. The molecule has 0 atom stereocenters. The molecule has 0 aliphatic rings. The fourth-order valence-corrected chi connectivity index (χ4v) is 1.72. The maximum Gasteiger partial charge on any atom is 0.337 e. The summed E-state index contributed by atoms with van der Waals surface area (Å²) in [6.45, 7) is 3.84. The number of hydrogen-bond donors (Lipinski definition) is 0. The van der Waals surface area contributed by atoms with Crippen LogP contribution < -0.4 is 4.74 Å². The second kappa shape index (κ2) is 7.55. The van der Waals surface area contributed by atoms with Crippen LogP contribution in [0.3, 0.4) is 0 Å². The van der Waals surface area contributed by atoms with Gasteiger partial charge in [0.2, 0.25) is 0 Å². The van der Waals surface area contributed by atoms with Gasteiger partial charge in [-0.3, -0.25) is 0 Å². The van der Waals surface area contributed by atoms with E-state index < -0.39 is 5.97 Å². The highest BCUT2D eigenvalue weighted by atomic mass is 79.9. The topological polar surface area (TPSA) is 47.9 Å². The Morgan fingerprint density at radius 2 is 2.11 bits per heavy atom. The number of rotatable bonds is 4. The van der Waals surface area contributed by atoms with E-state index in [2.05, 4.69) is 20.9 Å². The number of carbonyl (C=O) groups excluding carboxylic acids is 1. The zero-order valence-corrected chi connectivity index (χ0v) is 13.7. The summed E-state index contributed by atoms with van der Waals surface area (Å²) in [6, 6.07) is 5.05. The zero-order chi connectivity index (χ0) is 14.4. The second-order valence-electron chi connectivity index (χ2n) is 3.91. The lowest BCUT2D eigenvalue weighted by Gasteiger charge is -2.13. The summed E-state index contributed by atoms with van der Waals surface area (Å²) in [6.07, 6.45) is 1.91. The molecule has 1 aromatic rings. The van der Waals surface area contributed by atoms with Crippen LogP contribution in [0, 0.1) is 0 Å². The molecule has 0 fully saturated rings. The van der Waals surface area contributed by atoms with Crippen molar-refractivity contribution in [3.05, 3.63) is 23.8 Å². The molecule has 0 aliphatic heterocycles. The van der Waals surface area contributed by atoms with Gasteiger partial charge in [0.15, 0.2) is 0 Å². The SMILES string of the molecule is COC(=O)c1ccc(N=C(Br)SC)c(OC(C)C)c1. The van der Waals surface area contributed by atoms with E-state index in [9.17, 15) is 4.79 Å². The second-order valence-corrected chi connectivity index (χ2v) is 5.98. The summed E-state index contributed by atoms with van der Waals surface area (Å²) >= 11 is 4.82. The van der Waals surface area contributed by atoms with Crippen molar-refractivity contribution in [1.82, 2.24) is 0 Å². The first-order valence-corrected chi connectivity index (χ1v) is 7.67. The van der Waals surface area contributed by atoms with Crippen molar-refractivity contribution in [3.8, 4) is 5.75 Å². The Morgan fingerprint density at radius 1 is 1.42 bits per heavy atom. The first kappa shape index (κ1) is 16.0. The lowest BCUT2D eigenvalue weighted by Crippen LogP contribution is -2.07. The predicted molar refractivity (Wildman–Crippen MR) is 83.1 cm³/mol. The Balaban J connectivity index is 3.20. The van der Waals surface area contributed by atoms with Crippen molar-refractivity contribution in [2.24, 2.45) is 4.99 Å². The van der Waals surface area contributed by atoms with Gasteiger partial charge >= 0.3 is 5.97 Å². The van der Waals surface area contributed by atoms with Crippen molar-refractivity contribution in [1.29, 1.82) is 0 Å². The van der Waals surface area contributed by atoms with Gasteiger partial charge in [-0.1, -0.05) is 0 Å². The number of benzene rings is 1. The standard InChI is InChI=1S/C13H16BrNO3S/c1-8(2)18-11-7-9(12(16)17-3)5-6-10(11)15-13(14)19-4/h5-8H,1-4H3. The van der Waals surface area contributed by atoms with E-state index in [4.69, 9.17) is 9.47 Å². The Kier molecular flexibility index (Phi) is 6.37. The molecule has 0 aromatic heterocycles. The first-order valence-electron chi connectivity index (χ1n) is 5.65. The number of carbonyl (C=O) groups is 1. The Labute approximate surface area is 125 Å².